The van der Waals surface area contributed by atoms with Crippen LogP contribution in [-0.4, -0.2) is 34.2 Å². The predicted octanol–water partition coefficient (Wildman–Crippen LogP) is 2.16. The molecule has 3 rings (SSSR count). The number of halogens is 1. The van der Waals surface area contributed by atoms with Crippen molar-refractivity contribution in [3.8, 4) is 5.88 Å². The van der Waals surface area contributed by atoms with Crippen molar-refractivity contribution in [2.45, 2.75) is 19.4 Å². The fourth-order valence-electron chi connectivity index (χ4n) is 2.87. The lowest BCUT2D eigenvalue weighted by molar-refractivity contribution is 0.0742. The molecule has 0 spiro atoms. The Morgan fingerprint density at radius 1 is 1.41 bits per heavy atom. The molecule has 6 heteroatoms. The lowest BCUT2D eigenvalue weighted by Gasteiger charge is -2.21. The van der Waals surface area contributed by atoms with E-state index in [-0.39, 0.29) is 5.91 Å². The number of aromatic nitrogens is 2. The van der Waals surface area contributed by atoms with Gasteiger partial charge in [0.05, 0.1) is 19.3 Å². The first-order valence-electron chi connectivity index (χ1n) is 7.23. The Labute approximate surface area is 128 Å². The summed E-state index contributed by atoms with van der Waals surface area (Å²) in [7, 11) is 3.45. The maximum atomic E-state index is 13.3. The molecule has 0 saturated carbocycles. The van der Waals surface area contributed by atoms with Crippen LogP contribution in [0, 0.1) is 5.82 Å². The Hall–Kier alpha value is -2.37. The van der Waals surface area contributed by atoms with Crippen molar-refractivity contribution >= 4 is 5.91 Å². The third-order valence-corrected chi connectivity index (χ3v) is 3.99. The molecule has 0 unspecified atom stereocenters. The fraction of sp³-hybridized carbons (Fsp3) is 0.375. The third-order valence-electron chi connectivity index (χ3n) is 3.99. The highest BCUT2D eigenvalue weighted by Gasteiger charge is 2.25. The molecule has 0 fully saturated rings. The maximum absolute atomic E-state index is 13.3. The molecule has 0 radical (unpaired) electrons. The molecule has 0 saturated heterocycles. The van der Waals surface area contributed by atoms with Crippen LogP contribution in [0.15, 0.2) is 24.3 Å². The minimum absolute atomic E-state index is 0.160. The summed E-state index contributed by atoms with van der Waals surface area (Å²) < 4.78 is 20.4. The van der Waals surface area contributed by atoms with Crippen molar-refractivity contribution in [2.24, 2.45) is 7.05 Å². The van der Waals surface area contributed by atoms with Crippen LogP contribution in [-0.2, 0) is 20.0 Å². The van der Waals surface area contributed by atoms with Crippen molar-refractivity contribution in [3.05, 3.63) is 46.9 Å². The number of rotatable bonds is 2. The van der Waals surface area contributed by atoms with Crippen molar-refractivity contribution < 1.29 is 13.9 Å². The summed E-state index contributed by atoms with van der Waals surface area (Å²) >= 11 is 0. The van der Waals surface area contributed by atoms with E-state index in [1.807, 2.05) is 7.05 Å². The van der Waals surface area contributed by atoms with E-state index in [0.29, 0.717) is 24.5 Å². The highest BCUT2D eigenvalue weighted by Crippen LogP contribution is 2.27. The monoisotopic (exact) mass is 303 g/mol. The zero-order valence-electron chi connectivity index (χ0n) is 12.7. The highest BCUT2D eigenvalue weighted by atomic mass is 19.1. The van der Waals surface area contributed by atoms with E-state index < -0.39 is 5.82 Å². The van der Waals surface area contributed by atoms with Gasteiger partial charge >= 0.3 is 0 Å². The Balaban J connectivity index is 1.90. The van der Waals surface area contributed by atoms with Gasteiger partial charge in [-0.3, -0.25) is 9.48 Å². The van der Waals surface area contributed by atoms with Crippen LogP contribution in [0.25, 0.3) is 0 Å². The number of benzene rings is 1. The first-order valence-corrected chi connectivity index (χ1v) is 7.23. The maximum Gasteiger partial charge on any atom is 0.254 e. The summed E-state index contributed by atoms with van der Waals surface area (Å²) in [6.45, 7) is 1.09. The Bertz CT molecular complexity index is 711. The van der Waals surface area contributed by atoms with Gasteiger partial charge in [-0.25, -0.2) is 4.39 Å². The summed E-state index contributed by atoms with van der Waals surface area (Å²) in [5.41, 5.74) is 2.40. The first kappa shape index (κ1) is 14.6. The van der Waals surface area contributed by atoms with E-state index in [4.69, 9.17) is 4.74 Å². The molecular formula is C16H18FN3O2. The molecule has 1 amide bonds. The Kier molecular flexibility index (Phi) is 3.83. The fourth-order valence-corrected chi connectivity index (χ4v) is 2.87. The molecule has 1 aliphatic rings. The molecule has 0 atom stereocenters. The number of carbonyl (C=O) groups excluding carboxylic acids is 1. The van der Waals surface area contributed by atoms with Gasteiger partial charge in [0.1, 0.15) is 5.82 Å². The topological polar surface area (TPSA) is 47.4 Å². The van der Waals surface area contributed by atoms with E-state index in [9.17, 15) is 9.18 Å². The van der Waals surface area contributed by atoms with Crippen LogP contribution in [0.2, 0.25) is 0 Å². The first-order chi connectivity index (χ1) is 10.6. The summed E-state index contributed by atoms with van der Waals surface area (Å²) in [5, 5.41) is 4.33. The molecule has 116 valence electrons. The highest BCUT2D eigenvalue weighted by molar-refractivity contribution is 5.94. The minimum atomic E-state index is -0.399. The second kappa shape index (κ2) is 5.79. The summed E-state index contributed by atoms with van der Waals surface area (Å²) in [6, 6.07) is 5.81. The SMILES string of the molecule is COc1nn(C)c2c1CCCN(C(=O)c1cccc(F)c1)C2. The number of methoxy groups -OCH3 is 1. The van der Waals surface area contributed by atoms with Gasteiger partial charge in [-0.05, 0) is 31.0 Å². The molecular weight excluding hydrogens is 285 g/mol. The lowest BCUT2D eigenvalue weighted by atomic mass is 10.1. The van der Waals surface area contributed by atoms with Crippen LogP contribution in [0.3, 0.4) is 0 Å². The van der Waals surface area contributed by atoms with Gasteiger partial charge in [0.2, 0.25) is 5.88 Å². The molecule has 1 aromatic heterocycles. The van der Waals surface area contributed by atoms with Crippen molar-refractivity contribution in [1.29, 1.82) is 0 Å². The smallest absolute Gasteiger partial charge is 0.254 e. The number of amides is 1. The number of hydrogen-bond acceptors (Lipinski definition) is 3. The molecule has 0 bridgehead atoms. The lowest BCUT2D eigenvalue weighted by Crippen LogP contribution is -2.31. The number of nitrogens with zero attached hydrogens (tertiary/aromatic N) is 3. The summed E-state index contributed by atoms with van der Waals surface area (Å²) in [4.78, 5) is 14.3. The zero-order chi connectivity index (χ0) is 15.7. The van der Waals surface area contributed by atoms with E-state index in [0.717, 1.165) is 24.1 Å². The van der Waals surface area contributed by atoms with E-state index >= 15 is 0 Å². The number of fused-ring (bicyclic) bond motifs is 1. The standard InChI is InChI=1S/C16H18FN3O2/c1-19-14-10-20(8-4-7-13(14)15(18-19)22-2)16(21)11-5-3-6-12(17)9-11/h3,5-6,9H,4,7-8,10H2,1-2H3. The van der Waals surface area contributed by atoms with Gasteiger partial charge in [0, 0.05) is 24.7 Å². The third kappa shape index (κ3) is 2.56. The molecule has 22 heavy (non-hydrogen) atoms. The number of carbonyl (C=O) groups is 1. The van der Waals surface area contributed by atoms with E-state index in [2.05, 4.69) is 5.10 Å². The van der Waals surface area contributed by atoms with Gasteiger partial charge < -0.3 is 9.64 Å². The Morgan fingerprint density at radius 2 is 2.23 bits per heavy atom. The second-order valence-corrected chi connectivity index (χ2v) is 5.40. The normalized spacial score (nSPS) is 14.4. The van der Waals surface area contributed by atoms with Crippen LogP contribution in [0.5, 0.6) is 5.88 Å². The van der Waals surface area contributed by atoms with E-state index in [1.165, 1.54) is 12.1 Å². The molecule has 2 aromatic rings. The van der Waals surface area contributed by atoms with E-state index in [1.54, 1.807) is 28.8 Å². The van der Waals surface area contributed by atoms with Crippen molar-refractivity contribution in [1.82, 2.24) is 14.7 Å². The molecule has 1 aliphatic heterocycles. The molecule has 1 aromatic carbocycles. The summed E-state index contributed by atoms with van der Waals surface area (Å²) in [6.07, 6.45) is 1.65. The number of hydrogen-bond donors (Lipinski definition) is 0. The van der Waals surface area contributed by atoms with Gasteiger partial charge in [0.15, 0.2) is 0 Å². The average Bonchev–Trinajstić information content (AvgIpc) is 2.70. The zero-order valence-corrected chi connectivity index (χ0v) is 12.7. The van der Waals surface area contributed by atoms with Crippen LogP contribution in [0.1, 0.15) is 28.0 Å². The quantitative estimate of drug-likeness (QED) is 0.854. The van der Waals surface area contributed by atoms with Crippen molar-refractivity contribution in [3.63, 3.8) is 0 Å². The predicted molar refractivity (Wildman–Crippen MR) is 79.2 cm³/mol. The van der Waals surface area contributed by atoms with Crippen LogP contribution in [0.4, 0.5) is 4.39 Å². The molecule has 2 heterocycles. The van der Waals surface area contributed by atoms with Gasteiger partial charge in [0.25, 0.3) is 5.91 Å². The number of aryl methyl sites for hydroxylation is 1. The van der Waals surface area contributed by atoms with Crippen molar-refractivity contribution in [2.75, 3.05) is 13.7 Å². The van der Waals surface area contributed by atoms with Crippen LogP contribution >= 0.6 is 0 Å². The largest absolute Gasteiger partial charge is 0.480 e. The molecule has 5 nitrogen and oxygen atoms in total. The number of ether oxygens (including phenoxy) is 1. The van der Waals surface area contributed by atoms with Gasteiger partial charge in [-0.1, -0.05) is 6.07 Å². The van der Waals surface area contributed by atoms with Gasteiger partial charge in [-0.15, -0.1) is 5.10 Å². The summed E-state index contributed by atoms with van der Waals surface area (Å²) in [5.74, 6) is 0.0636. The second-order valence-electron chi connectivity index (χ2n) is 5.40. The minimum Gasteiger partial charge on any atom is -0.480 e. The molecule has 0 aliphatic carbocycles. The Morgan fingerprint density at radius 3 is 2.95 bits per heavy atom. The van der Waals surface area contributed by atoms with Crippen LogP contribution < -0.4 is 4.74 Å². The molecule has 0 N–H and O–H groups in total. The van der Waals surface area contributed by atoms with Gasteiger partial charge in [-0.2, -0.15) is 0 Å². The average molecular weight is 303 g/mol.